The van der Waals surface area contributed by atoms with Crippen LogP contribution in [-0.2, 0) is 0 Å². The number of aromatic nitrogens is 2. The predicted molar refractivity (Wildman–Crippen MR) is 68.8 cm³/mol. The third-order valence-electron chi connectivity index (χ3n) is 4.60. The van der Waals surface area contributed by atoms with Gasteiger partial charge in [0, 0.05) is 18.4 Å². The van der Waals surface area contributed by atoms with Crippen LogP contribution < -0.4 is 5.32 Å². The van der Waals surface area contributed by atoms with Gasteiger partial charge in [-0.05, 0) is 43.9 Å². The van der Waals surface area contributed by atoms with E-state index in [4.69, 9.17) is 5.26 Å². The summed E-state index contributed by atoms with van der Waals surface area (Å²) < 4.78 is 0. The molecule has 1 N–H and O–H groups in total. The van der Waals surface area contributed by atoms with Crippen LogP contribution in [0.1, 0.15) is 38.3 Å². The zero-order valence-corrected chi connectivity index (χ0v) is 10.6. The first-order chi connectivity index (χ1) is 8.78. The highest BCUT2D eigenvalue weighted by Gasteiger charge is 2.41. The number of anilines is 1. The SMILES string of the molecule is CC(Nc1nccnc1C#N)C1CC2CCC1C2. The molecule has 2 aliphatic carbocycles. The molecule has 0 amide bonds. The van der Waals surface area contributed by atoms with Crippen LogP contribution in [0, 0.1) is 29.1 Å². The van der Waals surface area contributed by atoms with Crippen molar-refractivity contribution in [3.05, 3.63) is 18.1 Å². The maximum Gasteiger partial charge on any atom is 0.182 e. The number of nitriles is 1. The molecule has 3 rings (SSSR count). The molecule has 4 nitrogen and oxygen atoms in total. The lowest BCUT2D eigenvalue weighted by Gasteiger charge is -2.28. The molecule has 4 unspecified atom stereocenters. The van der Waals surface area contributed by atoms with Gasteiger partial charge in [0.25, 0.3) is 0 Å². The van der Waals surface area contributed by atoms with Gasteiger partial charge in [0.1, 0.15) is 6.07 Å². The molecule has 2 bridgehead atoms. The summed E-state index contributed by atoms with van der Waals surface area (Å²) in [6, 6.07) is 2.47. The average Bonchev–Trinajstić information content (AvgIpc) is 3.01. The topological polar surface area (TPSA) is 61.6 Å². The van der Waals surface area contributed by atoms with Gasteiger partial charge in [0.2, 0.25) is 0 Å². The minimum absolute atomic E-state index is 0.379. The number of fused-ring (bicyclic) bond motifs is 2. The number of nitrogens with one attached hydrogen (secondary N) is 1. The van der Waals surface area contributed by atoms with Gasteiger partial charge in [-0.2, -0.15) is 5.26 Å². The Labute approximate surface area is 107 Å². The third kappa shape index (κ3) is 1.94. The van der Waals surface area contributed by atoms with Crippen molar-refractivity contribution >= 4 is 5.82 Å². The molecule has 1 aromatic heterocycles. The van der Waals surface area contributed by atoms with Gasteiger partial charge in [0.05, 0.1) is 0 Å². The summed E-state index contributed by atoms with van der Waals surface area (Å²) in [7, 11) is 0. The van der Waals surface area contributed by atoms with E-state index in [9.17, 15) is 0 Å². The van der Waals surface area contributed by atoms with Gasteiger partial charge in [-0.25, -0.2) is 9.97 Å². The fourth-order valence-electron chi connectivity index (χ4n) is 3.75. The first-order valence-corrected chi connectivity index (χ1v) is 6.75. The Morgan fingerprint density at radius 3 is 2.83 bits per heavy atom. The van der Waals surface area contributed by atoms with E-state index in [2.05, 4.69) is 28.3 Å². The van der Waals surface area contributed by atoms with Gasteiger partial charge >= 0.3 is 0 Å². The quantitative estimate of drug-likeness (QED) is 0.885. The zero-order valence-electron chi connectivity index (χ0n) is 10.6. The molecule has 0 saturated heterocycles. The minimum Gasteiger partial charge on any atom is -0.365 e. The second-order valence-electron chi connectivity index (χ2n) is 5.64. The molecule has 0 radical (unpaired) electrons. The second kappa shape index (κ2) is 4.56. The molecule has 4 atom stereocenters. The van der Waals surface area contributed by atoms with Gasteiger partial charge in [-0.15, -0.1) is 0 Å². The van der Waals surface area contributed by atoms with Crippen LogP contribution in [0.5, 0.6) is 0 Å². The lowest BCUT2D eigenvalue weighted by atomic mass is 9.84. The molecule has 0 aromatic carbocycles. The Bertz CT molecular complexity index is 479. The molecule has 2 fully saturated rings. The summed E-state index contributed by atoms with van der Waals surface area (Å²) in [5.74, 6) is 3.19. The van der Waals surface area contributed by atoms with Gasteiger partial charge in [-0.1, -0.05) is 6.42 Å². The first kappa shape index (κ1) is 11.5. The van der Waals surface area contributed by atoms with Gasteiger partial charge < -0.3 is 5.32 Å². The van der Waals surface area contributed by atoms with Crippen molar-refractivity contribution in [3.63, 3.8) is 0 Å². The minimum atomic E-state index is 0.379. The Hall–Kier alpha value is -1.63. The molecular weight excluding hydrogens is 224 g/mol. The van der Waals surface area contributed by atoms with Crippen LogP contribution in [0.2, 0.25) is 0 Å². The van der Waals surface area contributed by atoms with E-state index < -0.39 is 0 Å². The molecule has 0 spiro atoms. The fraction of sp³-hybridized carbons (Fsp3) is 0.643. The van der Waals surface area contributed by atoms with E-state index in [1.807, 2.05) is 0 Å². The molecule has 4 heteroatoms. The Morgan fingerprint density at radius 2 is 2.17 bits per heavy atom. The average molecular weight is 242 g/mol. The Morgan fingerprint density at radius 1 is 1.33 bits per heavy atom. The Kier molecular flexibility index (Phi) is 2.91. The molecule has 1 heterocycles. The summed E-state index contributed by atoms with van der Waals surface area (Å²) >= 11 is 0. The molecular formula is C14H18N4. The van der Waals surface area contributed by atoms with Crippen molar-refractivity contribution in [2.45, 2.75) is 38.6 Å². The summed E-state index contributed by atoms with van der Waals surface area (Å²) in [5.41, 5.74) is 0.396. The van der Waals surface area contributed by atoms with Crippen molar-refractivity contribution in [2.75, 3.05) is 5.32 Å². The van der Waals surface area contributed by atoms with E-state index in [-0.39, 0.29) is 0 Å². The summed E-state index contributed by atoms with van der Waals surface area (Å²) in [6.07, 6.45) is 8.74. The highest BCUT2D eigenvalue weighted by atomic mass is 15.0. The lowest BCUT2D eigenvalue weighted by Crippen LogP contribution is -2.30. The first-order valence-electron chi connectivity index (χ1n) is 6.75. The number of hydrogen-bond donors (Lipinski definition) is 1. The number of nitrogens with zero attached hydrogens (tertiary/aromatic N) is 3. The normalized spacial score (nSPS) is 31.0. The van der Waals surface area contributed by atoms with Crippen LogP contribution in [0.15, 0.2) is 12.4 Å². The number of rotatable bonds is 3. The van der Waals surface area contributed by atoms with E-state index in [0.717, 1.165) is 17.8 Å². The van der Waals surface area contributed by atoms with Crippen LogP contribution in [-0.4, -0.2) is 16.0 Å². The van der Waals surface area contributed by atoms with Crippen LogP contribution in [0.4, 0.5) is 5.82 Å². The fourth-order valence-corrected chi connectivity index (χ4v) is 3.75. The van der Waals surface area contributed by atoms with E-state index >= 15 is 0 Å². The molecule has 2 aliphatic rings. The predicted octanol–water partition coefficient (Wildman–Crippen LogP) is 2.58. The molecule has 0 aliphatic heterocycles. The van der Waals surface area contributed by atoms with Crippen LogP contribution in [0.25, 0.3) is 0 Å². The van der Waals surface area contributed by atoms with Gasteiger partial charge in [-0.3, -0.25) is 0 Å². The van der Waals surface area contributed by atoms with Crippen molar-refractivity contribution in [2.24, 2.45) is 17.8 Å². The van der Waals surface area contributed by atoms with E-state index in [1.54, 1.807) is 12.4 Å². The highest BCUT2D eigenvalue weighted by molar-refractivity contribution is 5.47. The van der Waals surface area contributed by atoms with Crippen molar-refractivity contribution in [1.82, 2.24) is 9.97 Å². The second-order valence-corrected chi connectivity index (χ2v) is 5.64. The Balaban J connectivity index is 1.71. The maximum absolute atomic E-state index is 9.01. The molecule has 18 heavy (non-hydrogen) atoms. The summed E-state index contributed by atoms with van der Waals surface area (Å²) in [5, 5.41) is 12.4. The summed E-state index contributed by atoms with van der Waals surface area (Å²) in [4.78, 5) is 8.27. The zero-order chi connectivity index (χ0) is 12.5. The standard InChI is InChI=1S/C14H18N4/c1-9(12-7-10-2-3-11(12)6-10)18-14-13(8-15)16-4-5-17-14/h4-5,9-12H,2-3,6-7H2,1H3,(H,17,18). The molecule has 94 valence electrons. The number of hydrogen-bond acceptors (Lipinski definition) is 4. The third-order valence-corrected chi connectivity index (χ3v) is 4.60. The van der Waals surface area contributed by atoms with Crippen molar-refractivity contribution < 1.29 is 0 Å². The monoisotopic (exact) mass is 242 g/mol. The van der Waals surface area contributed by atoms with E-state index in [0.29, 0.717) is 17.6 Å². The van der Waals surface area contributed by atoms with Crippen LogP contribution in [0.3, 0.4) is 0 Å². The summed E-state index contributed by atoms with van der Waals surface area (Å²) in [6.45, 7) is 2.21. The molecule has 2 saturated carbocycles. The smallest absolute Gasteiger partial charge is 0.182 e. The van der Waals surface area contributed by atoms with Crippen LogP contribution >= 0.6 is 0 Å². The van der Waals surface area contributed by atoms with E-state index in [1.165, 1.54) is 25.7 Å². The molecule has 1 aromatic rings. The highest BCUT2D eigenvalue weighted by Crippen LogP contribution is 2.49. The largest absolute Gasteiger partial charge is 0.365 e. The van der Waals surface area contributed by atoms with Crippen molar-refractivity contribution in [1.29, 1.82) is 5.26 Å². The van der Waals surface area contributed by atoms with Crippen molar-refractivity contribution in [3.8, 4) is 6.07 Å². The van der Waals surface area contributed by atoms with Gasteiger partial charge in [0.15, 0.2) is 11.5 Å². The maximum atomic E-state index is 9.01. The lowest BCUT2D eigenvalue weighted by molar-refractivity contribution is 0.304.